The predicted octanol–water partition coefficient (Wildman–Crippen LogP) is 2.85. The van der Waals surface area contributed by atoms with Crippen LogP contribution in [0.3, 0.4) is 0 Å². The maximum Gasteiger partial charge on any atom is 0.246 e. The van der Waals surface area contributed by atoms with Gasteiger partial charge in [-0.3, -0.25) is 28.8 Å². The van der Waals surface area contributed by atoms with Gasteiger partial charge in [0, 0.05) is 0 Å². The Balaban J connectivity index is 0.969. The Morgan fingerprint density at radius 2 is 1.13 bits per heavy atom. The van der Waals surface area contributed by atoms with Crippen molar-refractivity contribution in [2.75, 3.05) is 38.8 Å². The van der Waals surface area contributed by atoms with Crippen LogP contribution in [-0.2, 0) is 51.6 Å². The minimum Gasteiger partial charge on any atom is -0.373 e. The molecule has 2 unspecified atom stereocenters. The maximum atomic E-state index is 14.5. The van der Waals surface area contributed by atoms with Crippen molar-refractivity contribution in [3.05, 3.63) is 83.7 Å². The molecule has 71 heavy (non-hydrogen) atoms. The first-order chi connectivity index (χ1) is 33.9. The predicted molar refractivity (Wildman–Crippen MR) is 271 cm³/mol. The number of nitrogens with zero attached hydrogens (tertiary/aromatic N) is 5. The lowest BCUT2D eigenvalue weighted by molar-refractivity contribution is -0.144. The molecule has 19 nitrogen and oxygen atoms in total. The molecular formula is C50H71N11O8S2. The van der Waals surface area contributed by atoms with Crippen LogP contribution in [0.5, 0.6) is 0 Å². The minimum absolute atomic E-state index is 0.0182. The molecule has 1 aromatic heterocycles. The number of fused-ring (bicyclic) bond motifs is 2. The molecule has 3 aromatic rings. The van der Waals surface area contributed by atoms with Gasteiger partial charge < -0.3 is 51.2 Å². The number of ether oxygens (including phenoxy) is 2. The normalized spacial score (nSPS) is 25.4. The van der Waals surface area contributed by atoms with Gasteiger partial charge in [-0.2, -0.15) is 0 Å². The van der Waals surface area contributed by atoms with Crippen molar-refractivity contribution in [1.82, 2.24) is 56.7 Å². The average Bonchev–Trinajstić information content (AvgIpc) is 3.94. The first kappa shape index (κ1) is 53.7. The molecule has 5 heterocycles. The molecule has 21 heteroatoms. The fraction of sp³-hybridized carbons (Fsp3) is 0.600. The van der Waals surface area contributed by atoms with Crippen LogP contribution in [0, 0.1) is 10.8 Å². The van der Waals surface area contributed by atoms with E-state index >= 15 is 0 Å². The first-order valence-corrected chi connectivity index (χ1v) is 26.6. The van der Waals surface area contributed by atoms with Gasteiger partial charge in [-0.15, -0.1) is 28.6 Å². The zero-order valence-electron chi connectivity index (χ0n) is 42.0. The third-order valence-electron chi connectivity index (χ3n) is 14.0. The monoisotopic (exact) mass is 1020 g/mol. The lowest BCUT2D eigenvalue weighted by atomic mass is 9.83. The van der Waals surface area contributed by atoms with E-state index in [0.29, 0.717) is 42.9 Å². The van der Waals surface area contributed by atoms with Crippen molar-refractivity contribution < 1.29 is 38.2 Å². The van der Waals surface area contributed by atoms with Gasteiger partial charge in [0.15, 0.2) is 0 Å². The highest BCUT2D eigenvalue weighted by atomic mass is 32.2. The standard InChI is InChI=1S/C50H71N11O8S2/c1-30(51-7)43(62)53-35-19-21-70-39-23-49(3,4)41(60(39)47(35)66)45(64)55-37(32-15-11-9-12-16-32)27-68-26-34-25-59(58-57-34)29-69-28-38(33-17-13-10-14-18-33)56-46(65)42-50(5,6)24-40-61(42)48(67)36(20-22-71-40)54-44(63)31(2)52-8/h9-18,25,30-31,35-42,51-52H,19-24,26-29H2,1-8H3,(H,53,62)(H,54,63)(H,55,64)(H,56,65)/t30-,31-,35+,36+,37+,38-,39?,40?,41-,42-/m1/s1. The molecule has 4 aliphatic heterocycles. The SMILES string of the molecule is CN[C@H](C)C(=O)N[C@H]1CCSC2CC(C)(C)[C@@H](C(=O)N[C@@H](COCc3cn(COC[C@@H](NC(=O)[C@H]4N5C(=O)[C@@H](NC(=O)[C@@H](C)NC)CCSC5CC4(C)C)c4ccccc4)nn3)c3ccccc3)N2C1=O. The van der Waals surface area contributed by atoms with Crippen molar-refractivity contribution in [1.29, 1.82) is 0 Å². The summed E-state index contributed by atoms with van der Waals surface area (Å²) in [7, 11) is 3.38. The first-order valence-electron chi connectivity index (χ1n) is 24.5. The number of hydrogen-bond donors (Lipinski definition) is 6. The van der Waals surface area contributed by atoms with Crippen molar-refractivity contribution in [2.24, 2.45) is 10.8 Å². The highest BCUT2D eigenvalue weighted by Crippen LogP contribution is 2.48. The third kappa shape index (κ3) is 12.8. The molecule has 6 amide bonds. The molecular weight excluding hydrogens is 947 g/mol. The zero-order valence-corrected chi connectivity index (χ0v) is 43.6. The van der Waals surface area contributed by atoms with Crippen LogP contribution in [0.25, 0.3) is 0 Å². The summed E-state index contributed by atoms with van der Waals surface area (Å²) in [5, 5.41) is 26.2. The van der Waals surface area contributed by atoms with E-state index in [0.717, 1.165) is 11.1 Å². The zero-order chi connectivity index (χ0) is 51.0. The highest BCUT2D eigenvalue weighted by molar-refractivity contribution is 8.00. The van der Waals surface area contributed by atoms with Crippen LogP contribution in [0.1, 0.15) is 96.1 Å². The molecule has 4 saturated heterocycles. The number of carbonyl (C=O) groups excluding carboxylic acids is 6. The summed E-state index contributed by atoms with van der Waals surface area (Å²) in [4.78, 5) is 86.3. The van der Waals surface area contributed by atoms with E-state index in [-0.39, 0.29) is 72.7 Å². The smallest absolute Gasteiger partial charge is 0.246 e. The van der Waals surface area contributed by atoms with E-state index in [4.69, 9.17) is 9.47 Å². The second-order valence-corrected chi connectivity index (χ2v) is 22.8. The van der Waals surface area contributed by atoms with Gasteiger partial charge in [0.05, 0.1) is 60.9 Å². The number of thioether (sulfide) groups is 2. The number of hydrogen-bond acceptors (Lipinski definition) is 14. The number of carbonyl (C=O) groups is 6. The van der Waals surface area contributed by atoms with Crippen LogP contribution >= 0.6 is 23.5 Å². The molecule has 0 spiro atoms. The second kappa shape index (κ2) is 23.7. The number of aromatic nitrogens is 3. The molecule has 2 aromatic carbocycles. The van der Waals surface area contributed by atoms with E-state index in [1.807, 2.05) is 88.4 Å². The van der Waals surface area contributed by atoms with Crippen molar-refractivity contribution in [3.63, 3.8) is 0 Å². The number of rotatable bonds is 20. The minimum atomic E-state index is -0.782. The lowest BCUT2D eigenvalue weighted by Gasteiger charge is -2.35. The van der Waals surface area contributed by atoms with Crippen LogP contribution < -0.4 is 31.9 Å². The molecule has 4 aliphatic rings. The number of amides is 6. The van der Waals surface area contributed by atoms with Crippen LogP contribution in [0.15, 0.2) is 66.9 Å². The molecule has 386 valence electrons. The average molecular weight is 1020 g/mol. The summed E-state index contributed by atoms with van der Waals surface area (Å²) < 4.78 is 13.9. The Kier molecular flexibility index (Phi) is 17.9. The molecule has 0 radical (unpaired) electrons. The van der Waals surface area contributed by atoms with Crippen molar-refractivity contribution >= 4 is 59.0 Å². The topological polar surface area (TPSA) is 230 Å². The molecule has 7 rings (SSSR count). The fourth-order valence-electron chi connectivity index (χ4n) is 9.89. The molecule has 6 N–H and O–H groups in total. The number of benzene rings is 2. The Morgan fingerprint density at radius 1 is 0.690 bits per heavy atom. The number of likely N-dealkylation sites (N-methyl/N-ethyl adjacent to an activating group) is 2. The van der Waals surface area contributed by atoms with Crippen molar-refractivity contribution in [3.8, 4) is 0 Å². The highest BCUT2D eigenvalue weighted by Gasteiger charge is 2.56. The Morgan fingerprint density at radius 3 is 1.56 bits per heavy atom. The van der Waals surface area contributed by atoms with E-state index in [9.17, 15) is 28.8 Å². The summed E-state index contributed by atoms with van der Waals surface area (Å²) in [6.07, 6.45) is 3.91. The van der Waals surface area contributed by atoms with E-state index in [2.05, 4.69) is 42.2 Å². The molecule has 4 fully saturated rings. The van der Waals surface area contributed by atoms with Gasteiger partial charge in [0.1, 0.15) is 36.6 Å². The Labute approximate surface area is 425 Å². The van der Waals surface area contributed by atoms with Crippen LogP contribution in [-0.4, -0.2) is 146 Å². The van der Waals surface area contributed by atoms with E-state index in [1.165, 1.54) is 4.68 Å². The maximum absolute atomic E-state index is 14.5. The molecule has 0 saturated carbocycles. The van der Waals surface area contributed by atoms with Crippen LogP contribution in [0.2, 0.25) is 0 Å². The second-order valence-electron chi connectivity index (χ2n) is 20.3. The summed E-state index contributed by atoms with van der Waals surface area (Å²) in [5.74, 6) is -0.307. The summed E-state index contributed by atoms with van der Waals surface area (Å²) in [6, 6.07) is 13.9. The van der Waals surface area contributed by atoms with Gasteiger partial charge >= 0.3 is 0 Å². The van der Waals surface area contributed by atoms with Gasteiger partial charge in [-0.05, 0) is 87.1 Å². The summed E-state index contributed by atoms with van der Waals surface area (Å²) in [5.41, 5.74) is 1.09. The Hall–Kier alpha value is -5.06. The fourth-order valence-corrected chi connectivity index (χ4v) is 13.0. The third-order valence-corrected chi connectivity index (χ3v) is 16.5. The van der Waals surface area contributed by atoms with Gasteiger partial charge in [-0.25, -0.2) is 4.68 Å². The Bertz CT molecular complexity index is 2180. The number of nitrogens with one attached hydrogen (secondary N) is 6. The van der Waals surface area contributed by atoms with Crippen molar-refractivity contribution in [2.45, 2.75) is 140 Å². The quantitative estimate of drug-likeness (QED) is 0.0957. The van der Waals surface area contributed by atoms with Crippen LogP contribution in [0.4, 0.5) is 0 Å². The summed E-state index contributed by atoms with van der Waals surface area (Å²) >= 11 is 3.29. The van der Waals surface area contributed by atoms with E-state index in [1.54, 1.807) is 67.5 Å². The van der Waals surface area contributed by atoms with Gasteiger partial charge in [0.2, 0.25) is 35.4 Å². The largest absolute Gasteiger partial charge is 0.373 e. The van der Waals surface area contributed by atoms with Gasteiger partial charge in [0.25, 0.3) is 0 Å². The van der Waals surface area contributed by atoms with E-state index < -0.39 is 59.2 Å². The van der Waals surface area contributed by atoms with Gasteiger partial charge in [-0.1, -0.05) is 93.6 Å². The molecule has 10 atom stereocenters. The lowest BCUT2D eigenvalue weighted by Crippen LogP contribution is -2.58. The summed E-state index contributed by atoms with van der Waals surface area (Å²) in [6.45, 7) is 11.8. The molecule has 0 bridgehead atoms. The molecule has 0 aliphatic carbocycles.